The van der Waals surface area contributed by atoms with Crippen LogP contribution < -0.4 is 10.6 Å². The summed E-state index contributed by atoms with van der Waals surface area (Å²) in [4.78, 5) is 22.8. The molecule has 0 bridgehead atoms. The van der Waals surface area contributed by atoms with Crippen LogP contribution in [0.15, 0.2) is 46.9 Å². The van der Waals surface area contributed by atoms with Crippen LogP contribution in [-0.2, 0) is 0 Å². The molecular formula is C20H15Cl2N3O4S. The number of benzene rings is 2. The van der Waals surface area contributed by atoms with Crippen molar-refractivity contribution in [3.05, 3.63) is 79.5 Å². The number of anilines is 1. The number of rotatable bonds is 4. The zero-order chi connectivity index (χ0) is 22.0. The Balaban J connectivity index is 1.70. The van der Waals surface area contributed by atoms with E-state index in [9.17, 15) is 14.9 Å². The van der Waals surface area contributed by atoms with Crippen LogP contribution in [0.2, 0.25) is 10.0 Å². The second-order valence-corrected chi connectivity index (χ2v) is 7.63. The summed E-state index contributed by atoms with van der Waals surface area (Å²) in [6.07, 6.45) is 0. The summed E-state index contributed by atoms with van der Waals surface area (Å²) in [7, 11) is 0. The summed E-state index contributed by atoms with van der Waals surface area (Å²) in [5, 5.41) is 16.8. The molecule has 0 saturated heterocycles. The number of halogens is 2. The van der Waals surface area contributed by atoms with Crippen molar-refractivity contribution in [1.29, 1.82) is 0 Å². The second kappa shape index (κ2) is 8.83. The van der Waals surface area contributed by atoms with Crippen molar-refractivity contribution >= 4 is 57.8 Å². The number of amides is 1. The second-order valence-electron chi connectivity index (χ2n) is 6.41. The summed E-state index contributed by atoms with van der Waals surface area (Å²) < 4.78 is 5.61. The van der Waals surface area contributed by atoms with E-state index in [-0.39, 0.29) is 21.6 Å². The molecule has 1 heterocycles. The first-order valence-electron chi connectivity index (χ1n) is 8.59. The highest BCUT2D eigenvalue weighted by atomic mass is 35.5. The highest BCUT2D eigenvalue weighted by Gasteiger charge is 2.17. The smallest absolute Gasteiger partial charge is 0.293 e. The highest BCUT2D eigenvalue weighted by molar-refractivity contribution is 7.80. The quantitative estimate of drug-likeness (QED) is 0.283. The number of nitrogens with zero attached hydrogens (tertiary/aromatic N) is 1. The molecule has 0 aliphatic carbocycles. The molecule has 0 saturated carbocycles. The fourth-order valence-corrected chi connectivity index (χ4v) is 3.24. The van der Waals surface area contributed by atoms with Gasteiger partial charge >= 0.3 is 0 Å². The van der Waals surface area contributed by atoms with E-state index >= 15 is 0 Å². The average molecular weight is 464 g/mol. The molecule has 0 spiro atoms. The average Bonchev–Trinajstić information content (AvgIpc) is 3.16. The summed E-state index contributed by atoms with van der Waals surface area (Å²) in [6.45, 7) is 3.54. The minimum absolute atomic E-state index is 0.00986. The molecule has 1 aromatic heterocycles. The molecule has 1 amide bonds. The lowest BCUT2D eigenvalue weighted by Crippen LogP contribution is -2.34. The fourth-order valence-electron chi connectivity index (χ4n) is 2.62. The Labute approximate surface area is 187 Å². The lowest BCUT2D eigenvalue weighted by molar-refractivity contribution is -0.384. The monoisotopic (exact) mass is 463 g/mol. The summed E-state index contributed by atoms with van der Waals surface area (Å²) in [5.74, 6) is -0.00848. The van der Waals surface area contributed by atoms with Crippen molar-refractivity contribution in [2.45, 2.75) is 13.8 Å². The first-order chi connectivity index (χ1) is 14.2. The maximum atomic E-state index is 12.4. The Kier molecular flexibility index (Phi) is 6.40. The number of hydrogen-bond acceptors (Lipinski definition) is 5. The molecule has 30 heavy (non-hydrogen) atoms. The number of nitro benzene ring substituents is 1. The van der Waals surface area contributed by atoms with Gasteiger partial charge in [0.1, 0.15) is 10.8 Å². The van der Waals surface area contributed by atoms with E-state index in [1.165, 1.54) is 18.2 Å². The van der Waals surface area contributed by atoms with E-state index < -0.39 is 10.8 Å². The first-order valence-corrected chi connectivity index (χ1v) is 9.75. The van der Waals surface area contributed by atoms with Gasteiger partial charge in [-0.1, -0.05) is 35.3 Å². The molecule has 2 aromatic carbocycles. The molecule has 10 heteroatoms. The largest absolute Gasteiger partial charge is 0.451 e. The molecule has 2 N–H and O–H groups in total. The first kappa shape index (κ1) is 21.8. The maximum Gasteiger partial charge on any atom is 0.293 e. The van der Waals surface area contributed by atoms with Gasteiger partial charge < -0.3 is 9.73 Å². The van der Waals surface area contributed by atoms with Crippen LogP contribution in [-0.4, -0.2) is 15.9 Å². The Morgan fingerprint density at radius 3 is 2.47 bits per heavy atom. The molecule has 154 valence electrons. The topological polar surface area (TPSA) is 97.4 Å². The maximum absolute atomic E-state index is 12.4. The minimum atomic E-state index is -0.574. The third-order valence-corrected chi connectivity index (χ3v) is 5.17. The molecule has 0 aliphatic rings. The number of nitrogens with one attached hydrogen (secondary N) is 2. The van der Waals surface area contributed by atoms with Gasteiger partial charge in [-0.15, -0.1) is 0 Å². The van der Waals surface area contributed by atoms with Gasteiger partial charge in [-0.2, -0.15) is 0 Å². The molecule has 0 aliphatic heterocycles. The van der Waals surface area contributed by atoms with Gasteiger partial charge in [0.25, 0.3) is 11.6 Å². The van der Waals surface area contributed by atoms with Gasteiger partial charge in [0, 0.05) is 22.3 Å². The van der Waals surface area contributed by atoms with Gasteiger partial charge in [0.15, 0.2) is 10.9 Å². The number of carbonyl (C=O) groups is 1. The van der Waals surface area contributed by atoms with Crippen LogP contribution >= 0.6 is 35.4 Å². The molecule has 7 nitrogen and oxygen atoms in total. The number of nitro groups is 1. The van der Waals surface area contributed by atoms with E-state index in [2.05, 4.69) is 10.6 Å². The molecule has 3 aromatic rings. The Morgan fingerprint density at radius 1 is 1.07 bits per heavy atom. The van der Waals surface area contributed by atoms with Crippen LogP contribution in [0.5, 0.6) is 0 Å². The highest BCUT2D eigenvalue weighted by Crippen LogP contribution is 2.30. The van der Waals surface area contributed by atoms with E-state index in [0.29, 0.717) is 22.0 Å². The van der Waals surface area contributed by atoms with Crippen molar-refractivity contribution < 1.29 is 14.1 Å². The third-order valence-electron chi connectivity index (χ3n) is 4.25. The van der Waals surface area contributed by atoms with Crippen LogP contribution in [0.25, 0.3) is 11.3 Å². The van der Waals surface area contributed by atoms with E-state index in [1.54, 1.807) is 19.1 Å². The summed E-state index contributed by atoms with van der Waals surface area (Å²) in [5.41, 5.74) is 2.43. The number of aryl methyl sites for hydroxylation is 2. The molecule has 0 radical (unpaired) electrons. The van der Waals surface area contributed by atoms with Crippen molar-refractivity contribution in [2.24, 2.45) is 0 Å². The number of hydrogen-bond donors (Lipinski definition) is 2. The molecule has 3 rings (SSSR count). The Hall–Kier alpha value is -2.94. The van der Waals surface area contributed by atoms with Gasteiger partial charge in [-0.05, 0) is 61.5 Å². The summed E-state index contributed by atoms with van der Waals surface area (Å²) >= 11 is 17.2. The minimum Gasteiger partial charge on any atom is -0.451 e. The lowest BCUT2D eigenvalue weighted by atomic mass is 10.1. The van der Waals surface area contributed by atoms with Gasteiger partial charge in [0.05, 0.1) is 4.92 Å². The van der Waals surface area contributed by atoms with Crippen LogP contribution in [0.3, 0.4) is 0 Å². The SMILES string of the molecule is Cc1ccc(-c2ccc(C(=O)NC(=S)Nc3cc(Cl)c([N+](=O)[O-])cc3C)o2)cc1Cl. The van der Waals surface area contributed by atoms with E-state index in [0.717, 1.165) is 11.1 Å². The molecular weight excluding hydrogens is 449 g/mol. The molecule has 0 atom stereocenters. The zero-order valence-electron chi connectivity index (χ0n) is 15.8. The number of thiocarbonyl (C=S) groups is 1. The van der Waals surface area contributed by atoms with Crippen molar-refractivity contribution in [1.82, 2.24) is 5.32 Å². The van der Waals surface area contributed by atoms with E-state index in [1.807, 2.05) is 19.1 Å². The predicted octanol–water partition coefficient (Wildman–Crippen LogP) is 5.91. The zero-order valence-corrected chi connectivity index (χ0v) is 18.1. The predicted molar refractivity (Wildman–Crippen MR) is 120 cm³/mol. The normalized spacial score (nSPS) is 10.5. The van der Waals surface area contributed by atoms with Crippen LogP contribution in [0.1, 0.15) is 21.7 Å². The third kappa shape index (κ3) is 4.79. The number of furan rings is 1. The van der Waals surface area contributed by atoms with Crippen LogP contribution in [0, 0.1) is 24.0 Å². The lowest BCUT2D eigenvalue weighted by Gasteiger charge is -2.11. The van der Waals surface area contributed by atoms with Crippen LogP contribution in [0.4, 0.5) is 11.4 Å². The number of carbonyl (C=O) groups excluding carboxylic acids is 1. The Morgan fingerprint density at radius 2 is 1.80 bits per heavy atom. The summed E-state index contributed by atoms with van der Waals surface area (Å²) in [6, 6.07) is 11.3. The fraction of sp³-hybridized carbons (Fsp3) is 0.100. The van der Waals surface area contributed by atoms with Crippen molar-refractivity contribution in [3.8, 4) is 11.3 Å². The van der Waals surface area contributed by atoms with Crippen molar-refractivity contribution in [2.75, 3.05) is 5.32 Å². The molecule has 0 unspecified atom stereocenters. The van der Waals surface area contributed by atoms with Gasteiger partial charge in [0.2, 0.25) is 0 Å². The van der Waals surface area contributed by atoms with Gasteiger partial charge in [-0.3, -0.25) is 20.2 Å². The Bertz CT molecular complexity index is 1180. The van der Waals surface area contributed by atoms with Gasteiger partial charge in [-0.25, -0.2) is 0 Å². The standard InChI is InChI=1S/C20H15Cl2N3O4S/c1-10-3-4-12(8-13(10)21)17-5-6-18(29-17)19(26)24-20(30)23-15-9-14(22)16(25(27)28)7-11(15)2/h3-9H,1-2H3,(H2,23,24,26,30). The van der Waals surface area contributed by atoms with Crippen molar-refractivity contribution in [3.63, 3.8) is 0 Å². The molecule has 0 fully saturated rings. The van der Waals surface area contributed by atoms with E-state index in [4.69, 9.17) is 39.8 Å².